The Labute approximate surface area is 199 Å². The summed E-state index contributed by atoms with van der Waals surface area (Å²) in [6.07, 6.45) is 1.54. The van der Waals surface area contributed by atoms with Gasteiger partial charge in [0.2, 0.25) is 23.6 Å². The highest BCUT2D eigenvalue weighted by Gasteiger charge is 2.32. The van der Waals surface area contributed by atoms with Crippen molar-refractivity contribution in [3.05, 3.63) is 0 Å². The predicted octanol–water partition coefficient (Wildman–Crippen LogP) is -1.78. The lowest BCUT2D eigenvalue weighted by Gasteiger charge is -2.28. The number of thiol groups is 1. The van der Waals surface area contributed by atoms with Crippen molar-refractivity contribution >= 4 is 42.2 Å². The molecular formula is C20H38N6O6S. The van der Waals surface area contributed by atoms with Crippen LogP contribution in [0.5, 0.6) is 0 Å². The van der Waals surface area contributed by atoms with E-state index in [2.05, 4.69) is 28.6 Å². The number of primary amides is 1. The second kappa shape index (κ2) is 16.3. The molecule has 5 unspecified atom stereocenters. The zero-order chi connectivity index (χ0) is 25.6. The van der Waals surface area contributed by atoms with Crippen molar-refractivity contribution in [2.75, 3.05) is 12.3 Å². The Morgan fingerprint density at radius 2 is 1.55 bits per heavy atom. The molecule has 5 atom stereocenters. The molecule has 0 aromatic heterocycles. The second-order valence-corrected chi connectivity index (χ2v) is 8.28. The maximum Gasteiger partial charge on any atom is 0.326 e. The van der Waals surface area contributed by atoms with Crippen molar-refractivity contribution in [1.29, 1.82) is 0 Å². The van der Waals surface area contributed by atoms with Gasteiger partial charge in [0, 0.05) is 12.2 Å². The summed E-state index contributed by atoms with van der Waals surface area (Å²) < 4.78 is 0. The molecule has 10 N–H and O–H groups in total. The number of carboxylic acids is 1. The number of nitrogens with two attached hydrogens (primary N) is 3. The lowest BCUT2D eigenvalue weighted by molar-refractivity contribution is -0.143. The van der Waals surface area contributed by atoms with Gasteiger partial charge in [-0.3, -0.25) is 19.2 Å². The van der Waals surface area contributed by atoms with E-state index in [1.165, 1.54) is 0 Å². The summed E-state index contributed by atoms with van der Waals surface area (Å²) in [6.45, 7) is 3.94. The van der Waals surface area contributed by atoms with Crippen molar-refractivity contribution < 1.29 is 29.1 Å². The molecule has 33 heavy (non-hydrogen) atoms. The van der Waals surface area contributed by atoms with Gasteiger partial charge in [0.05, 0.1) is 6.04 Å². The number of aliphatic carboxylic acids is 1. The molecule has 0 saturated heterocycles. The topological polar surface area (TPSA) is 220 Å². The smallest absolute Gasteiger partial charge is 0.326 e. The number of hydrogen-bond acceptors (Lipinski definition) is 8. The molecule has 0 aromatic carbocycles. The number of unbranched alkanes of at least 4 members (excludes halogenated alkanes) is 1. The largest absolute Gasteiger partial charge is 0.480 e. The number of carbonyl (C=O) groups is 5. The van der Waals surface area contributed by atoms with Gasteiger partial charge in [-0.1, -0.05) is 20.3 Å². The zero-order valence-electron chi connectivity index (χ0n) is 19.2. The number of carbonyl (C=O) groups excluding carboxylic acids is 4. The van der Waals surface area contributed by atoms with Crippen LogP contribution in [0, 0.1) is 5.92 Å². The van der Waals surface area contributed by atoms with Crippen LogP contribution < -0.4 is 33.2 Å². The molecule has 0 saturated carbocycles. The molecule has 0 aromatic rings. The van der Waals surface area contributed by atoms with Crippen molar-refractivity contribution in [2.45, 2.75) is 76.5 Å². The van der Waals surface area contributed by atoms with Crippen LogP contribution in [0.4, 0.5) is 0 Å². The van der Waals surface area contributed by atoms with Crippen molar-refractivity contribution in [3.63, 3.8) is 0 Å². The van der Waals surface area contributed by atoms with E-state index in [0.717, 1.165) is 0 Å². The first-order valence-corrected chi connectivity index (χ1v) is 11.6. The highest BCUT2D eigenvalue weighted by Crippen LogP contribution is 2.11. The Hall–Kier alpha value is -2.38. The third kappa shape index (κ3) is 11.9. The number of nitrogens with one attached hydrogen (secondary N) is 3. The van der Waals surface area contributed by atoms with E-state index in [1.54, 1.807) is 6.92 Å². The Morgan fingerprint density at radius 3 is 2.03 bits per heavy atom. The summed E-state index contributed by atoms with van der Waals surface area (Å²) in [6, 6.07) is -4.34. The van der Waals surface area contributed by atoms with Gasteiger partial charge in [-0.25, -0.2) is 4.79 Å². The SMILES string of the molecule is CCC(C)C(NC(=O)C(CCC(N)=O)NC(=O)C(N)CS)C(=O)NC(CCCCN)C(=O)O. The highest BCUT2D eigenvalue weighted by molar-refractivity contribution is 7.80. The van der Waals surface area contributed by atoms with E-state index < -0.39 is 53.8 Å². The molecule has 0 aliphatic rings. The summed E-state index contributed by atoms with van der Waals surface area (Å²) >= 11 is 3.95. The molecule has 0 rings (SSSR count). The molecule has 12 nitrogen and oxygen atoms in total. The molecule has 0 spiro atoms. The molecule has 0 aliphatic carbocycles. The molecule has 4 amide bonds. The van der Waals surface area contributed by atoms with Crippen molar-refractivity contribution in [1.82, 2.24) is 16.0 Å². The summed E-state index contributed by atoms with van der Waals surface area (Å²) in [5.41, 5.74) is 16.2. The van der Waals surface area contributed by atoms with Gasteiger partial charge in [0.15, 0.2) is 0 Å². The van der Waals surface area contributed by atoms with Crippen LogP contribution >= 0.6 is 12.6 Å². The maximum atomic E-state index is 12.9. The lowest BCUT2D eigenvalue weighted by Crippen LogP contribution is -2.58. The highest BCUT2D eigenvalue weighted by atomic mass is 32.1. The average molecular weight is 491 g/mol. The third-order valence-electron chi connectivity index (χ3n) is 5.20. The third-order valence-corrected chi connectivity index (χ3v) is 5.59. The fraction of sp³-hybridized carbons (Fsp3) is 0.750. The summed E-state index contributed by atoms with van der Waals surface area (Å²) in [5.74, 6) is -4.20. The Balaban J connectivity index is 5.50. The van der Waals surface area contributed by atoms with E-state index in [9.17, 15) is 29.1 Å². The first-order valence-electron chi connectivity index (χ1n) is 11.0. The number of amides is 4. The fourth-order valence-corrected chi connectivity index (χ4v) is 3.05. The lowest BCUT2D eigenvalue weighted by atomic mass is 9.96. The number of hydrogen-bond donors (Lipinski definition) is 8. The Kier molecular flexibility index (Phi) is 15.1. The maximum absolute atomic E-state index is 12.9. The summed E-state index contributed by atoms with van der Waals surface area (Å²) in [4.78, 5) is 60.7. The quantitative estimate of drug-likeness (QED) is 0.0858. The second-order valence-electron chi connectivity index (χ2n) is 7.91. The first-order chi connectivity index (χ1) is 15.5. The van der Waals surface area contributed by atoms with Gasteiger partial charge < -0.3 is 38.3 Å². The van der Waals surface area contributed by atoms with Crippen molar-refractivity contribution in [2.24, 2.45) is 23.1 Å². The van der Waals surface area contributed by atoms with Gasteiger partial charge in [0.25, 0.3) is 0 Å². The summed E-state index contributed by atoms with van der Waals surface area (Å²) in [5, 5.41) is 16.9. The van der Waals surface area contributed by atoms with Gasteiger partial charge in [-0.2, -0.15) is 12.6 Å². The zero-order valence-corrected chi connectivity index (χ0v) is 20.1. The van der Waals surface area contributed by atoms with Gasteiger partial charge >= 0.3 is 5.97 Å². The Morgan fingerprint density at radius 1 is 0.939 bits per heavy atom. The molecule has 0 heterocycles. The Bertz CT molecular complexity index is 679. The van der Waals surface area contributed by atoms with Crippen LogP contribution in [0.25, 0.3) is 0 Å². The van der Waals surface area contributed by atoms with Crippen LogP contribution in [0.3, 0.4) is 0 Å². The van der Waals surface area contributed by atoms with Gasteiger partial charge in [0.1, 0.15) is 18.1 Å². The van der Waals surface area contributed by atoms with E-state index in [1.807, 2.05) is 6.92 Å². The minimum Gasteiger partial charge on any atom is -0.480 e. The molecule has 0 fully saturated rings. The predicted molar refractivity (Wildman–Crippen MR) is 126 cm³/mol. The van der Waals surface area contributed by atoms with Crippen LogP contribution in [-0.2, 0) is 24.0 Å². The molecule has 13 heteroatoms. The fourth-order valence-electron chi connectivity index (χ4n) is 2.88. The van der Waals surface area contributed by atoms with Crippen LogP contribution in [-0.4, -0.2) is 71.2 Å². The molecule has 0 bridgehead atoms. The van der Waals surface area contributed by atoms with Crippen LogP contribution in [0.15, 0.2) is 0 Å². The minimum atomic E-state index is -1.19. The van der Waals surface area contributed by atoms with Gasteiger partial charge in [-0.05, 0) is 38.1 Å². The number of carboxylic acid groups (broad SMARTS) is 1. The summed E-state index contributed by atoms with van der Waals surface area (Å²) in [7, 11) is 0. The van der Waals surface area contributed by atoms with E-state index in [0.29, 0.717) is 25.8 Å². The minimum absolute atomic E-state index is 0.0363. The standard InChI is InChI=1S/C20H38N6O6S/c1-3-11(2)16(19(30)25-14(20(31)32)6-4-5-9-21)26-18(29)13(7-8-15(23)27)24-17(28)12(22)10-33/h11-14,16,33H,3-10,21-22H2,1-2H3,(H2,23,27)(H,24,28)(H,25,30)(H,26,29)(H,31,32). The van der Waals surface area contributed by atoms with Crippen molar-refractivity contribution in [3.8, 4) is 0 Å². The number of rotatable bonds is 17. The van der Waals surface area contributed by atoms with Gasteiger partial charge in [-0.15, -0.1) is 0 Å². The first kappa shape index (κ1) is 30.6. The average Bonchev–Trinajstić information content (AvgIpc) is 2.77. The van der Waals surface area contributed by atoms with E-state index in [4.69, 9.17) is 17.2 Å². The molecule has 0 radical (unpaired) electrons. The van der Waals surface area contributed by atoms with E-state index >= 15 is 0 Å². The molecule has 190 valence electrons. The molecule has 0 aliphatic heterocycles. The molecular weight excluding hydrogens is 452 g/mol. The normalized spacial score (nSPS) is 15.4. The van der Waals surface area contributed by atoms with Crippen LogP contribution in [0.2, 0.25) is 0 Å². The van der Waals surface area contributed by atoms with E-state index in [-0.39, 0.29) is 30.9 Å². The monoisotopic (exact) mass is 490 g/mol. The van der Waals surface area contributed by atoms with Crippen LogP contribution in [0.1, 0.15) is 52.4 Å².